The van der Waals surface area contributed by atoms with Crippen molar-refractivity contribution in [3.05, 3.63) is 29.8 Å². The van der Waals surface area contributed by atoms with Crippen molar-refractivity contribution in [2.75, 3.05) is 59.5 Å². The number of carbonyl (C=O) groups excluding carboxylic acids is 1. The summed E-state index contributed by atoms with van der Waals surface area (Å²) in [5.41, 5.74) is 0.996. The van der Waals surface area contributed by atoms with Gasteiger partial charge in [-0.25, -0.2) is 8.42 Å². The van der Waals surface area contributed by atoms with E-state index in [4.69, 9.17) is 9.47 Å². The number of benzene rings is 1. The van der Waals surface area contributed by atoms with Crippen molar-refractivity contribution in [2.45, 2.75) is 31.6 Å². The molecule has 1 aromatic rings. The summed E-state index contributed by atoms with van der Waals surface area (Å²) in [6, 6.07) is 6.74. The average molecular weight is 481 g/mol. The number of unbranched alkanes of at least 4 members (excludes halogenated alkanes) is 1. The normalized spacial score (nSPS) is 13.5. The molecule has 0 N–H and O–H groups in total. The Balaban J connectivity index is 2.34. The maximum Gasteiger partial charge on any atom is 0.236 e. The molecule has 0 heterocycles. The third-order valence-electron chi connectivity index (χ3n) is 4.37. The number of aryl methyl sites for hydroxylation is 1. The van der Waals surface area contributed by atoms with E-state index in [1.54, 1.807) is 48.2 Å². The molecule has 0 aliphatic rings. The number of carbonyl (C=O) groups is 1. The third-order valence-corrected chi connectivity index (χ3v) is 11.5. The van der Waals surface area contributed by atoms with Crippen LogP contribution in [-0.4, -0.2) is 83.6 Å². The highest BCUT2D eigenvalue weighted by Gasteiger charge is 2.23. The Morgan fingerprint density at radius 2 is 1.67 bits per heavy atom. The molecule has 1 atom stereocenters. The minimum atomic E-state index is -3.51. The van der Waals surface area contributed by atoms with Crippen LogP contribution in [0.2, 0.25) is 0 Å². The molecule has 1 amide bonds. The number of likely N-dealkylation sites (N-methyl/N-ethyl adjacent to an activating group) is 2. The van der Waals surface area contributed by atoms with Crippen LogP contribution in [0.25, 0.3) is 0 Å². The second kappa shape index (κ2) is 14.3. The summed E-state index contributed by atoms with van der Waals surface area (Å²) in [5.74, 6) is 0.115. The van der Waals surface area contributed by atoms with Crippen LogP contribution >= 0.6 is 20.6 Å². The monoisotopic (exact) mass is 480 g/mol. The lowest BCUT2D eigenvalue weighted by Gasteiger charge is -2.25. The Labute approximate surface area is 188 Å². The van der Waals surface area contributed by atoms with Crippen molar-refractivity contribution in [1.82, 2.24) is 9.80 Å². The molecule has 0 aliphatic carbocycles. The van der Waals surface area contributed by atoms with Gasteiger partial charge in [-0.2, -0.15) is 0 Å². The summed E-state index contributed by atoms with van der Waals surface area (Å²) in [6.07, 6.45) is 2.15. The predicted molar refractivity (Wildman–Crippen MR) is 128 cm³/mol. The molecule has 0 bridgehead atoms. The van der Waals surface area contributed by atoms with E-state index in [9.17, 15) is 13.2 Å². The van der Waals surface area contributed by atoms with E-state index in [2.05, 4.69) is 18.6 Å². The maximum absolute atomic E-state index is 12.7. The van der Waals surface area contributed by atoms with Gasteiger partial charge in [0.15, 0.2) is 0 Å². The van der Waals surface area contributed by atoms with Gasteiger partial charge >= 0.3 is 0 Å². The standard InChI is InChI=1S/C20H36N2O5S3/c1-5-6-12-26-14-15-27-13-11-22(4)20(23)16-21(3)17-29(28)30(24,25)19-9-7-18(2)8-10-19/h7-10,28-29H,5-6,11-17H2,1-4H3. The molecule has 0 fully saturated rings. The number of ether oxygens (including phenoxy) is 2. The molecule has 1 rings (SSSR count). The van der Waals surface area contributed by atoms with E-state index in [1.165, 1.54) is 0 Å². The number of nitrogens with zero attached hydrogens (tertiary/aromatic N) is 2. The number of hydrogen-bond acceptors (Lipinski definition) is 7. The highest BCUT2D eigenvalue weighted by molar-refractivity contribution is 9.10. The lowest BCUT2D eigenvalue weighted by atomic mass is 10.2. The minimum absolute atomic E-state index is 0.0928. The van der Waals surface area contributed by atoms with Crippen LogP contribution < -0.4 is 0 Å². The van der Waals surface area contributed by atoms with Gasteiger partial charge in [0.05, 0.1) is 31.3 Å². The van der Waals surface area contributed by atoms with Crippen molar-refractivity contribution in [2.24, 2.45) is 0 Å². The van der Waals surface area contributed by atoms with E-state index >= 15 is 0 Å². The fraction of sp³-hybridized carbons (Fsp3) is 0.650. The first kappa shape index (κ1) is 27.3. The van der Waals surface area contributed by atoms with Crippen LogP contribution in [-0.2, 0) is 23.1 Å². The van der Waals surface area contributed by atoms with Crippen LogP contribution in [0.15, 0.2) is 29.2 Å². The third kappa shape index (κ3) is 10.0. The van der Waals surface area contributed by atoms with E-state index in [0.29, 0.717) is 26.4 Å². The molecule has 0 aliphatic heterocycles. The SMILES string of the molecule is CCCCOCCOCCN(C)C(=O)CN(C)C[SH](S)S(=O)(=O)c1ccc(C)cc1. The zero-order valence-corrected chi connectivity index (χ0v) is 21.0. The van der Waals surface area contributed by atoms with Crippen molar-refractivity contribution in [3.8, 4) is 0 Å². The molecule has 0 radical (unpaired) electrons. The van der Waals surface area contributed by atoms with Crippen LogP contribution in [0.4, 0.5) is 0 Å². The van der Waals surface area contributed by atoms with Gasteiger partial charge in [-0.15, -0.1) is 11.7 Å². The molecule has 30 heavy (non-hydrogen) atoms. The Hall–Kier alpha value is -0.780. The second-order valence-electron chi connectivity index (χ2n) is 7.19. The second-order valence-corrected chi connectivity index (χ2v) is 14.6. The first-order valence-corrected chi connectivity index (χ1v) is 14.8. The van der Waals surface area contributed by atoms with E-state index < -0.39 is 17.8 Å². The van der Waals surface area contributed by atoms with Crippen LogP contribution in [0.1, 0.15) is 25.3 Å². The average Bonchev–Trinajstić information content (AvgIpc) is 2.69. The number of rotatable bonds is 15. The molecular weight excluding hydrogens is 444 g/mol. The van der Waals surface area contributed by atoms with Crippen molar-refractivity contribution in [3.63, 3.8) is 0 Å². The highest BCUT2D eigenvalue weighted by atomic mass is 33.5. The van der Waals surface area contributed by atoms with Crippen molar-refractivity contribution >= 4 is 35.4 Å². The smallest absolute Gasteiger partial charge is 0.236 e. The van der Waals surface area contributed by atoms with Gasteiger partial charge < -0.3 is 14.4 Å². The molecular formula is C20H36N2O5S3. The summed E-state index contributed by atoms with van der Waals surface area (Å²) in [7, 11) is -1.70. The Kier molecular flexibility index (Phi) is 13.0. The van der Waals surface area contributed by atoms with Gasteiger partial charge in [-0.05, 0) is 32.5 Å². The number of hydrogen-bond donors (Lipinski definition) is 2. The Morgan fingerprint density at radius 3 is 2.27 bits per heavy atom. The quantitative estimate of drug-likeness (QED) is 0.228. The zero-order valence-electron chi connectivity index (χ0n) is 18.4. The largest absolute Gasteiger partial charge is 0.379 e. The van der Waals surface area contributed by atoms with Gasteiger partial charge in [0.25, 0.3) is 0 Å². The Bertz CT molecular complexity index is 728. The molecule has 0 saturated carbocycles. The fourth-order valence-corrected chi connectivity index (χ4v) is 7.44. The maximum atomic E-state index is 12.7. The topological polar surface area (TPSA) is 76.2 Å². The predicted octanol–water partition coefficient (Wildman–Crippen LogP) is 2.71. The van der Waals surface area contributed by atoms with Crippen molar-refractivity contribution < 1.29 is 22.7 Å². The van der Waals surface area contributed by atoms with Crippen LogP contribution in [0, 0.1) is 6.92 Å². The molecule has 1 aromatic carbocycles. The van der Waals surface area contributed by atoms with E-state index in [-0.39, 0.29) is 23.2 Å². The lowest BCUT2D eigenvalue weighted by molar-refractivity contribution is -0.131. The first-order valence-electron chi connectivity index (χ1n) is 10.0. The lowest BCUT2D eigenvalue weighted by Crippen LogP contribution is -2.38. The first-order chi connectivity index (χ1) is 14.2. The molecule has 0 aromatic heterocycles. The van der Waals surface area contributed by atoms with Crippen LogP contribution in [0.5, 0.6) is 0 Å². The Morgan fingerprint density at radius 1 is 1.07 bits per heavy atom. The summed E-state index contributed by atoms with van der Waals surface area (Å²) < 4.78 is 36.3. The number of thiol groups is 2. The summed E-state index contributed by atoms with van der Waals surface area (Å²) >= 11 is 4.35. The minimum Gasteiger partial charge on any atom is -0.379 e. The highest BCUT2D eigenvalue weighted by Crippen LogP contribution is 2.42. The van der Waals surface area contributed by atoms with E-state index in [1.807, 2.05) is 6.92 Å². The molecule has 7 nitrogen and oxygen atoms in total. The van der Waals surface area contributed by atoms with Gasteiger partial charge in [0.2, 0.25) is 14.8 Å². The summed E-state index contributed by atoms with van der Waals surface area (Å²) in [5, 5.41) is 0. The van der Waals surface area contributed by atoms with Gasteiger partial charge in [0, 0.05) is 26.1 Å². The van der Waals surface area contributed by atoms with Gasteiger partial charge in [0.1, 0.15) is 0 Å². The molecule has 174 valence electrons. The van der Waals surface area contributed by atoms with Gasteiger partial charge in [-0.1, -0.05) is 40.0 Å². The van der Waals surface area contributed by atoms with Crippen molar-refractivity contribution in [1.29, 1.82) is 0 Å². The van der Waals surface area contributed by atoms with Gasteiger partial charge in [-0.3, -0.25) is 9.69 Å². The summed E-state index contributed by atoms with van der Waals surface area (Å²) in [6.45, 7) is 6.86. The zero-order chi connectivity index (χ0) is 22.6. The summed E-state index contributed by atoms with van der Waals surface area (Å²) in [4.78, 5) is 15.9. The van der Waals surface area contributed by atoms with Crippen LogP contribution in [0.3, 0.4) is 0 Å². The molecule has 0 spiro atoms. The number of amides is 1. The molecule has 1 unspecified atom stereocenters. The molecule has 0 saturated heterocycles. The van der Waals surface area contributed by atoms with E-state index in [0.717, 1.165) is 25.0 Å². The fourth-order valence-electron chi connectivity index (χ4n) is 2.41. The molecule has 10 heteroatoms.